The van der Waals surface area contributed by atoms with E-state index in [-0.39, 0.29) is 3.23 Å². The Morgan fingerprint density at radius 3 is 1.82 bits per heavy atom. The summed E-state index contributed by atoms with van der Waals surface area (Å²) in [5, 5.41) is 0. The molecular formula is C9H10Br2. The Balaban J connectivity index is 2.18. The van der Waals surface area contributed by atoms with E-state index in [1.165, 1.54) is 11.1 Å². The lowest BCUT2D eigenvalue weighted by Crippen LogP contribution is -1.98. The third-order valence-corrected chi connectivity index (χ3v) is 5.15. The van der Waals surface area contributed by atoms with Crippen molar-refractivity contribution in [1.29, 1.82) is 0 Å². The number of fused-ring (bicyclic) bond motifs is 1. The average molecular weight is 278 g/mol. The molecule has 0 N–H and O–H groups in total. The monoisotopic (exact) mass is 276 g/mol. The predicted octanol–water partition coefficient (Wildman–Crippen LogP) is 3.62. The Morgan fingerprint density at radius 1 is 1.09 bits per heavy atom. The Labute approximate surface area is 84.0 Å². The van der Waals surface area contributed by atoms with Crippen LogP contribution in [0.5, 0.6) is 0 Å². The van der Waals surface area contributed by atoms with Crippen LogP contribution in [0, 0.1) is 11.8 Å². The summed E-state index contributed by atoms with van der Waals surface area (Å²) >= 11 is 7.34. The van der Waals surface area contributed by atoms with E-state index in [1.807, 2.05) is 0 Å². The molecular weight excluding hydrogens is 268 g/mol. The second kappa shape index (κ2) is 2.23. The van der Waals surface area contributed by atoms with Crippen LogP contribution < -0.4 is 0 Å². The van der Waals surface area contributed by atoms with Crippen LogP contribution in [0.1, 0.15) is 12.8 Å². The highest BCUT2D eigenvalue weighted by Gasteiger charge is 2.62. The van der Waals surface area contributed by atoms with Gasteiger partial charge in [0.25, 0.3) is 0 Å². The maximum atomic E-state index is 4.00. The predicted molar refractivity (Wildman–Crippen MR) is 55.1 cm³/mol. The number of hydrogen-bond donors (Lipinski definition) is 0. The maximum Gasteiger partial charge on any atom is 0.0875 e. The highest BCUT2D eigenvalue weighted by Crippen LogP contribution is 2.68. The fourth-order valence-corrected chi connectivity index (χ4v) is 3.50. The van der Waals surface area contributed by atoms with Gasteiger partial charge >= 0.3 is 0 Å². The van der Waals surface area contributed by atoms with Crippen molar-refractivity contribution in [3.05, 3.63) is 24.3 Å². The Hall–Kier alpha value is 0.440. The standard InChI is InChI=1S/C9H10Br2/c1-5-3-7-8(4-6(5)2)9(7,10)11/h7-8H,1-4H2. The molecule has 0 radical (unpaired) electrons. The summed E-state index contributed by atoms with van der Waals surface area (Å²) in [6.45, 7) is 7.99. The molecule has 2 unspecified atom stereocenters. The highest BCUT2D eigenvalue weighted by atomic mass is 79.9. The van der Waals surface area contributed by atoms with Crippen LogP contribution in [-0.2, 0) is 0 Å². The van der Waals surface area contributed by atoms with Gasteiger partial charge in [-0.05, 0) is 24.7 Å². The Morgan fingerprint density at radius 2 is 1.45 bits per heavy atom. The van der Waals surface area contributed by atoms with Gasteiger partial charge in [0.2, 0.25) is 0 Å². The zero-order valence-corrected chi connectivity index (χ0v) is 9.41. The number of halogens is 2. The van der Waals surface area contributed by atoms with E-state index >= 15 is 0 Å². The fourth-order valence-electron chi connectivity index (χ4n) is 1.84. The van der Waals surface area contributed by atoms with Crippen molar-refractivity contribution in [2.24, 2.45) is 11.8 Å². The van der Waals surface area contributed by atoms with Gasteiger partial charge in [0.15, 0.2) is 0 Å². The summed E-state index contributed by atoms with van der Waals surface area (Å²) in [4.78, 5) is 0. The molecule has 60 valence electrons. The van der Waals surface area contributed by atoms with E-state index in [9.17, 15) is 0 Å². The normalized spacial score (nSPS) is 40.2. The largest absolute Gasteiger partial charge is 0.0956 e. The van der Waals surface area contributed by atoms with Crippen LogP contribution in [0.15, 0.2) is 24.3 Å². The van der Waals surface area contributed by atoms with E-state index in [2.05, 4.69) is 45.0 Å². The fraction of sp³-hybridized carbons (Fsp3) is 0.556. The molecule has 11 heavy (non-hydrogen) atoms. The van der Waals surface area contributed by atoms with Gasteiger partial charge in [-0.25, -0.2) is 0 Å². The zero-order valence-electron chi connectivity index (χ0n) is 6.24. The number of hydrogen-bond acceptors (Lipinski definition) is 0. The van der Waals surface area contributed by atoms with Crippen molar-refractivity contribution in [3.8, 4) is 0 Å². The van der Waals surface area contributed by atoms with Gasteiger partial charge in [0.1, 0.15) is 0 Å². The van der Waals surface area contributed by atoms with Gasteiger partial charge in [0, 0.05) is 0 Å². The third kappa shape index (κ3) is 1.06. The molecule has 2 atom stereocenters. The third-order valence-electron chi connectivity index (χ3n) is 2.80. The molecule has 0 aromatic carbocycles. The first-order chi connectivity index (χ1) is 5.03. The van der Waals surface area contributed by atoms with Gasteiger partial charge in [-0.2, -0.15) is 0 Å². The van der Waals surface area contributed by atoms with Crippen LogP contribution in [0.3, 0.4) is 0 Å². The quantitative estimate of drug-likeness (QED) is 0.593. The topological polar surface area (TPSA) is 0 Å². The SMILES string of the molecule is C=C1CC2C(CC1=C)C2(Br)Br. The highest BCUT2D eigenvalue weighted by molar-refractivity contribution is 9.25. The van der Waals surface area contributed by atoms with Crippen LogP contribution in [-0.4, -0.2) is 3.23 Å². The molecule has 0 bridgehead atoms. The molecule has 0 nitrogen and oxygen atoms in total. The number of rotatable bonds is 0. The van der Waals surface area contributed by atoms with Gasteiger partial charge in [-0.15, -0.1) is 0 Å². The van der Waals surface area contributed by atoms with E-state index in [4.69, 9.17) is 0 Å². The maximum absolute atomic E-state index is 4.00. The summed E-state index contributed by atoms with van der Waals surface area (Å²) in [5.74, 6) is 1.50. The minimum Gasteiger partial charge on any atom is -0.0956 e. The van der Waals surface area contributed by atoms with Crippen molar-refractivity contribution in [1.82, 2.24) is 0 Å². The van der Waals surface area contributed by atoms with Crippen molar-refractivity contribution in [2.45, 2.75) is 16.1 Å². The van der Waals surface area contributed by atoms with Crippen molar-refractivity contribution in [3.63, 3.8) is 0 Å². The Bertz CT molecular complexity index is 216. The van der Waals surface area contributed by atoms with E-state index in [0.29, 0.717) is 0 Å². The molecule has 2 saturated carbocycles. The van der Waals surface area contributed by atoms with Gasteiger partial charge in [0.05, 0.1) is 3.23 Å². The smallest absolute Gasteiger partial charge is 0.0875 e. The van der Waals surface area contributed by atoms with Crippen molar-refractivity contribution < 1.29 is 0 Å². The first kappa shape index (κ1) is 8.06. The molecule has 0 aromatic rings. The lowest BCUT2D eigenvalue weighted by Gasteiger charge is -2.12. The molecule has 2 aliphatic rings. The minimum absolute atomic E-state index is 0.211. The van der Waals surface area contributed by atoms with Crippen molar-refractivity contribution >= 4 is 31.9 Å². The zero-order chi connectivity index (χ0) is 8.22. The van der Waals surface area contributed by atoms with Gasteiger partial charge in [-0.1, -0.05) is 56.2 Å². The molecule has 0 aromatic heterocycles. The summed E-state index contributed by atoms with van der Waals surface area (Å²) in [5.41, 5.74) is 2.49. The molecule has 2 aliphatic carbocycles. The van der Waals surface area contributed by atoms with Crippen molar-refractivity contribution in [2.75, 3.05) is 0 Å². The minimum atomic E-state index is 0.211. The molecule has 0 heterocycles. The number of alkyl halides is 2. The molecule has 2 fully saturated rings. The summed E-state index contributed by atoms with van der Waals surface area (Å²) in [6, 6.07) is 0. The molecule has 2 heteroatoms. The van der Waals surface area contributed by atoms with Crippen LogP contribution in [0.2, 0.25) is 0 Å². The average Bonchev–Trinajstić information content (AvgIpc) is 2.39. The second-order valence-electron chi connectivity index (χ2n) is 3.50. The number of allylic oxidation sites excluding steroid dienone is 2. The molecule has 0 saturated heterocycles. The molecule has 2 rings (SSSR count). The molecule has 0 aliphatic heterocycles. The van der Waals surface area contributed by atoms with E-state index < -0.39 is 0 Å². The van der Waals surface area contributed by atoms with Crippen LogP contribution in [0.25, 0.3) is 0 Å². The van der Waals surface area contributed by atoms with Crippen LogP contribution in [0.4, 0.5) is 0 Å². The van der Waals surface area contributed by atoms with Gasteiger partial charge < -0.3 is 0 Å². The summed E-state index contributed by atoms with van der Waals surface area (Å²) < 4.78 is 0.211. The summed E-state index contributed by atoms with van der Waals surface area (Å²) in [6.07, 6.45) is 2.22. The second-order valence-corrected chi connectivity index (χ2v) is 7.19. The first-order valence-electron chi connectivity index (χ1n) is 3.77. The first-order valence-corrected chi connectivity index (χ1v) is 5.36. The van der Waals surface area contributed by atoms with E-state index in [0.717, 1.165) is 24.7 Å². The van der Waals surface area contributed by atoms with Crippen LogP contribution >= 0.6 is 31.9 Å². The lowest BCUT2D eigenvalue weighted by molar-refractivity contribution is 0.645. The summed E-state index contributed by atoms with van der Waals surface area (Å²) in [7, 11) is 0. The lowest BCUT2D eigenvalue weighted by atomic mass is 9.92. The van der Waals surface area contributed by atoms with Gasteiger partial charge in [-0.3, -0.25) is 0 Å². The molecule has 0 spiro atoms. The van der Waals surface area contributed by atoms with E-state index in [1.54, 1.807) is 0 Å². The Kier molecular flexibility index (Phi) is 1.63. The molecule has 0 amide bonds.